The Hall–Kier alpha value is -0.320. The number of likely N-dealkylation sites (tertiary alicyclic amines) is 1. The zero-order chi connectivity index (χ0) is 11.5. The second-order valence-corrected chi connectivity index (χ2v) is 6.13. The van der Waals surface area contributed by atoms with E-state index in [9.17, 15) is 0 Å². The van der Waals surface area contributed by atoms with Gasteiger partial charge in [-0.2, -0.15) is 0 Å². The Morgan fingerprint density at radius 1 is 1.47 bits per heavy atom. The third-order valence-corrected chi connectivity index (χ3v) is 4.23. The van der Waals surface area contributed by atoms with E-state index in [1.807, 2.05) is 6.20 Å². The highest BCUT2D eigenvalue weighted by atomic mass is 35.5. The van der Waals surface area contributed by atoms with Crippen LogP contribution in [0, 0.1) is 5.92 Å². The summed E-state index contributed by atoms with van der Waals surface area (Å²) in [5.41, 5.74) is 5.67. The van der Waals surface area contributed by atoms with Gasteiger partial charge >= 0.3 is 0 Å². The van der Waals surface area contributed by atoms with E-state index in [1.165, 1.54) is 30.7 Å². The molecule has 0 radical (unpaired) electrons. The summed E-state index contributed by atoms with van der Waals surface area (Å²) in [6.45, 7) is 6.91. The number of anilines is 1. The minimum Gasteiger partial charge on any atom is -0.375 e. The number of hydrogen-bond acceptors (Lipinski definition) is 4. The number of hydrogen-bond donors (Lipinski definition) is 1. The van der Waals surface area contributed by atoms with E-state index >= 15 is 0 Å². The third kappa shape index (κ3) is 4.12. The summed E-state index contributed by atoms with van der Waals surface area (Å²) in [6.07, 6.45) is 5.97. The molecule has 0 saturated carbocycles. The van der Waals surface area contributed by atoms with Crippen LogP contribution >= 0.6 is 23.7 Å². The molecule has 0 bridgehead atoms. The lowest BCUT2D eigenvalue weighted by molar-refractivity contribution is 0.188. The molecule has 0 spiro atoms. The molecule has 2 unspecified atom stereocenters. The molecule has 0 aromatic carbocycles. The van der Waals surface area contributed by atoms with Crippen LogP contribution in [0.4, 0.5) is 5.13 Å². The van der Waals surface area contributed by atoms with E-state index in [0.717, 1.165) is 12.5 Å². The van der Waals surface area contributed by atoms with Crippen LogP contribution in [-0.4, -0.2) is 22.5 Å². The number of nitrogens with two attached hydrogens (primary N) is 1. The quantitative estimate of drug-likeness (QED) is 0.902. The summed E-state index contributed by atoms with van der Waals surface area (Å²) in [4.78, 5) is 7.98. The van der Waals surface area contributed by atoms with E-state index in [4.69, 9.17) is 5.73 Å². The molecule has 5 heteroatoms. The highest BCUT2D eigenvalue weighted by molar-refractivity contribution is 7.15. The van der Waals surface area contributed by atoms with Crippen molar-refractivity contribution in [1.29, 1.82) is 0 Å². The van der Waals surface area contributed by atoms with Gasteiger partial charge in [0.15, 0.2) is 5.13 Å². The lowest BCUT2D eigenvalue weighted by atomic mass is 10.1. The Morgan fingerprint density at radius 3 is 2.88 bits per heavy atom. The summed E-state index contributed by atoms with van der Waals surface area (Å²) in [5, 5.41) is 0.686. The van der Waals surface area contributed by atoms with Crippen LogP contribution in [0.2, 0.25) is 0 Å². The Bertz CT molecular complexity index is 342. The third-order valence-electron chi connectivity index (χ3n) is 3.42. The molecule has 17 heavy (non-hydrogen) atoms. The first-order valence-electron chi connectivity index (χ1n) is 6.09. The van der Waals surface area contributed by atoms with Crippen LogP contribution in [0.25, 0.3) is 0 Å². The van der Waals surface area contributed by atoms with Crippen molar-refractivity contribution in [2.24, 2.45) is 5.92 Å². The molecule has 98 valence electrons. The van der Waals surface area contributed by atoms with Gasteiger partial charge in [-0.25, -0.2) is 4.98 Å². The van der Waals surface area contributed by atoms with Gasteiger partial charge in [0, 0.05) is 30.2 Å². The van der Waals surface area contributed by atoms with Gasteiger partial charge in [-0.15, -0.1) is 23.7 Å². The molecule has 0 amide bonds. The normalized spacial score (nSPS) is 26.2. The van der Waals surface area contributed by atoms with Crippen LogP contribution in [0.15, 0.2) is 6.20 Å². The second-order valence-electron chi connectivity index (χ2n) is 4.98. The largest absolute Gasteiger partial charge is 0.375 e. The zero-order valence-corrected chi connectivity index (χ0v) is 12.2. The zero-order valence-electron chi connectivity index (χ0n) is 10.6. The molecular weight excluding hydrogens is 254 g/mol. The van der Waals surface area contributed by atoms with Crippen LogP contribution < -0.4 is 5.73 Å². The molecule has 2 atom stereocenters. The van der Waals surface area contributed by atoms with Gasteiger partial charge in [0.2, 0.25) is 0 Å². The topological polar surface area (TPSA) is 42.2 Å². The fourth-order valence-electron chi connectivity index (χ4n) is 2.43. The fourth-order valence-corrected chi connectivity index (χ4v) is 3.14. The molecule has 0 aliphatic carbocycles. The fraction of sp³-hybridized carbons (Fsp3) is 0.750. The first kappa shape index (κ1) is 14.7. The van der Waals surface area contributed by atoms with Gasteiger partial charge in [0.1, 0.15) is 0 Å². The number of nitrogens with zero attached hydrogens (tertiary/aromatic N) is 2. The van der Waals surface area contributed by atoms with E-state index < -0.39 is 0 Å². The van der Waals surface area contributed by atoms with Gasteiger partial charge in [-0.3, -0.25) is 4.90 Å². The smallest absolute Gasteiger partial charge is 0.180 e. The lowest BCUT2D eigenvalue weighted by Crippen LogP contribution is -2.33. The highest BCUT2D eigenvalue weighted by Gasteiger charge is 2.21. The van der Waals surface area contributed by atoms with Crippen molar-refractivity contribution < 1.29 is 0 Å². The van der Waals surface area contributed by atoms with Crippen LogP contribution in [0.5, 0.6) is 0 Å². The number of halogens is 1. The Labute approximate surface area is 114 Å². The maximum atomic E-state index is 5.67. The van der Waals surface area contributed by atoms with Crippen molar-refractivity contribution in [1.82, 2.24) is 9.88 Å². The van der Waals surface area contributed by atoms with Gasteiger partial charge in [-0.05, 0) is 25.7 Å². The SMILES string of the molecule is CC1CCCC(C)N(Cc2cnc(N)s2)C1.Cl. The maximum Gasteiger partial charge on any atom is 0.180 e. The molecule has 1 aromatic heterocycles. The second kappa shape index (κ2) is 6.57. The van der Waals surface area contributed by atoms with E-state index in [2.05, 4.69) is 23.7 Å². The molecule has 1 aliphatic rings. The van der Waals surface area contributed by atoms with Crippen molar-refractivity contribution in [2.75, 3.05) is 12.3 Å². The van der Waals surface area contributed by atoms with E-state index in [-0.39, 0.29) is 12.4 Å². The molecule has 1 aliphatic heterocycles. The Kier molecular flexibility index (Phi) is 5.70. The van der Waals surface area contributed by atoms with E-state index in [1.54, 1.807) is 11.3 Å². The van der Waals surface area contributed by atoms with Crippen molar-refractivity contribution >= 4 is 28.9 Å². The first-order valence-corrected chi connectivity index (χ1v) is 6.91. The minimum atomic E-state index is 0. The summed E-state index contributed by atoms with van der Waals surface area (Å²) in [5.74, 6) is 0.815. The summed E-state index contributed by atoms with van der Waals surface area (Å²) in [7, 11) is 0. The monoisotopic (exact) mass is 275 g/mol. The molecule has 3 nitrogen and oxygen atoms in total. The van der Waals surface area contributed by atoms with Crippen molar-refractivity contribution in [3.63, 3.8) is 0 Å². The molecular formula is C12H22ClN3S. The molecule has 1 fully saturated rings. The molecule has 2 N–H and O–H groups in total. The number of nitrogen functional groups attached to an aromatic ring is 1. The predicted octanol–water partition coefficient (Wildman–Crippen LogP) is 3.16. The van der Waals surface area contributed by atoms with Gasteiger partial charge in [-0.1, -0.05) is 13.3 Å². The number of aromatic nitrogens is 1. The standard InChI is InChI=1S/C12H21N3S.ClH/c1-9-4-3-5-10(2)15(7-9)8-11-6-14-12(13)16-11;/h6,9-10H,3-5,7-8H2,1-2H3,(H2,13,14);1H. The van der Waals surface area contributed by atoms with Crippen LogP contribution in [-0.2, 0) is 6.54 Å². The molecule has 2 heterocycles. The predicted molar refractivity (Wildman–Crippen MR) is 76.7 cm³/mol. The van der Waals surface area contributed by atoms with Crippen molar-refractivity contribution in [2.45, 2.75) is 45.7 Å². The molecule has 2 rings (SSSR count). The number of thiazole rings is 1. The first-order chi connectivity index (χ1) is 7.65. The summed E-state index contributed by atoms with van der Waals surface area (Å²) >= 11 is 1.62. The molecule has 1 aromatic rings. The van der Waals surface area contributed by atoms with Crippen LogP contribution in [0.1, 0.15) is 38.0 Å². The van der Waals surface area contributed by atoms with Gasteiger partial charge < -0.3 is 5.73 Å². The van der Waals surface area contributed by atoms with Crippen molar-refractivity contribution in [3.8, 4) is 0 Å². The van der Waals surface area contributed by atoms with Crippen molar-refractivity contribution in [3.05, 3.63) is 11.1 Å². The Morgan fingerprint density at radius 2 is 2.24 bits per heavy atom. The number of rotatable bonds is 2. The Balaban J connectivity index is 0.00000144. The average molecular weight is 276 g/mol. The maximum absolute atomic E-state index is 5.67. The lowest BCUT2D eigenvalue weighted by Gasteiger charge is -2.27. The van der Waals surface area contributed by atoms with Gasteiger partial charge in [0.05, 0.1) is 0 Å². The minimum absolute atomic E-state index is 0. The molecule has 1 saturated heterocycles. The summed E-state index contributed by atoms with van der Waals surface area (Å²) < 4.78 is 0. The van der Waals surface area contributed by atoms with Gasteiger partial charge in [0.25, 0.3) is 0 Å². The summed E-state index contributed by atoms with van der Waals surface area (Å²) in [6, 6.07) is 0.688. The van der Waals surface area contributed by atoms with Crippen LogP contribution in [0.3, 0.4) is 0 Å². The van der Waals surface area contributed by atoms with E-state index in [0.29, 0.717) is 11.2 Å². The highest BCUT2D eigenvalue weighted by Crippen LogP contribution is 2.24. The average Bonchev–Trinajstić information content (AvgIpc) is 2.55.